The van der Waals surface area contributed by atoms with E-state index in [2.05, 4.69) is 43.1 Å². The van der Waals surface area contributed by atoms with Gasteiger partial charge in [0.2, 0.25) is 0 Å². The lowest BCUT2D eigenvalue weighted by Gasteiger charge is -2.28. The fraction of sp³-hybridized carbons (Fsp3) is 0.769. The van der Waals surface area contributed by atoms with Crippen LogP contribution in [0.1, 0.15) is 37.9 Å². The summed E-state index contributed by atoms with van der Waals surface area (Å²) in [7, 11) is 2.13. The van der Waals surface area contributed by atoms with E-state index in [1.165, 1.54) is 5.69 Å². The number of nitrogens with zero attached hydrogens (tertiary/aromatic N) is 2. The van der Waals surface area contributed by atoms with E-state index in [1.807, 2.05) is 6.92 Å². The third-order valence-corrected chi connectivity index (χ3v) is 3.86. The van der Waals surface area contributed by atoms with Gasteiger partial charge in [0.1, 0.15) is 0 Å². The van der Waals surface area contributed by atoms with Crippen LogP contribution in [0.25, 0.3) is 0 Å². The average Bonchev–Trinajstić information content (AvgIpc) is 2.58. The second kappa shape index (κ2) is 5.94. The molecule has 2 N–H and O–H groups in total. The Labute approximate surface area is 109 Å². The molecule has 0 fully saturated rings. The largest absolute Gasteiger partial charge is 0.327 e. The second-order valence-corrected chi connectivity index (χ2v) is 6.92. The standard InChI is InChI=1S/C13H25N3S/c1-10-15-11(9-17-10)8-16(5)7-6-12(14)13(2,3)4/h9,12H,6-8,14H2,1-5H3. The summed E-state index contributed by atoms with van der Waals surface area (Å²) in [6.07, 6.45) is 1.03. The minimum Gasteiger partial charge on any atom is -0.327 e. The van der Waals surface area contributed by atoms with Crippen molar-refractivity contribution in [3.63, 3.8) is 0 Å². The summed E-state index contributed by atoms with van der Waals surface area (Å²) in [6, 6.07) is 0.252. The van der Waals surface area contributed by atoms with Crippen LogP contribution >= 0.6 is 11.3 Å². The van der Waals surface area contributed by atoms with Crippen molar-refractivity contribution in [2.45, 2.75) is 46.7 Å². The molecule has 1 unspecified atom stereocenters. The van der Waals surface area contributed by atoms with Gasteiger partial charge in [0.15, 0.2) is 0 Å². The molecule has 0 amide bonds. The molecule has 17 heavy (non-hydrogen) atoms. The van der Waals surface area contributed by atoms with E-state index in [1.54, 1.807) is 11.3 Å². The molecule has 0 aliphatic carbocycles. The van der Waals surface area contributed by atoms with Crippen LogP contribution < -0.4 is 5.73 Å². The molecular formula is C13H25N3S. The van der Waals surface area contributed by atoms with E-state index in [0.29, 0.717) is 0 Å². The van der Waals surface area contributed by atoms with Crippen molar-refractivity contribution in [2.75, 3.05) is 13.6 Å². The van der Waals surface area contributed by atoms with Gasteiger partial charge in [-0.3, -0.25) is 0 Å². The first-order valence-corrected chi connectivity index (χ1v) is 7.02. The van der Waals surface area contributed by atoms with Gasteiger partial charge in [0, 0.05) is 18.0 Å². The zero-order valence-electron chi connectivity index (χ0n) is 11.7. The Bertz CT molecular complexity index is 341. The summed E-state index contributed by atoms with van der Waals surface area (Å²) in [6.45, 7) is 10.6. The van der Waals surface area contributed by atoms with Crippen molar-refractivity contribution < 1.29 is 0 Å². The highest BCUT2D eigenvalue weighted by Gasteiger charge is 2.20. The summed E-state index contributed by atoms with van der Waals surface area (Å²) >= 11 is 1.71. The number of rotatable bonds is 5. The maximum atomic E-state index is 6.16. The van der Waals surface area contributed by atoms with Crippen molar-refractivity contribution in [3.8, 4) is 0 Å². The van der Waals surface area contributed by atoms with Crippen LogP contribution in [0.5, 0.6) is 0 Å². The van der Waals surface area contributed by atoms with Crippen molar-refractivity contribution in [2.24, 2.45) is 11.1 Å². The number of aryl methyl sites for hydroxylation is 1. The predicted molar refractivity (Wildman–Crippen MR) is 75.2 cm³/mol. The smallest absolute Gasteiger partial charge is 0.0897 e. The maximum Gasteiger partial charge on any atom is 0.0897 e. The highest BCUT2D eigenvalue weighted by molar-refractivity contribution is 7.09. The van der Waals surface area contributed by atoms with E-state index in [9.17, 15) is 0 Å². The number of nitrogens with two attached hydrogens (primary N) is 1. The fourth-order valence-electron chi connectivity index (χ4n) is 1.63. The van der Waals surface area contributed by atoms with Gasteiger partial charge >= 0.3 is 0 Å². The monoisotopic (exact) mass is 255 g/mol. The molecule has 0 bridgehead atoms. The lowest BCUT2D eigenvalue weighted by atomic mass is 9.85. The molecule has 0 saturated heterocycles. The lowest BCUT2D eigenvalue weighted by molar-refractivity contribution is 0.250. The third kappa shape index (κ3) is 5.15. The molecule has 3 nitrogen and oxygen atoms in total. The lowest BCUT2D eigenvalue weighted by Crippen LogP contribution is -2.37. The number of aromatic nitrogens is 1. The first-order chi connectivity index (χ1) is 7.79. The van der Waals surface area contributed by atoms with Crippen LogP contribution in [0, 0.1) is 12.3 Å². The van der Waals surface area contributed by atoms with Crippen LogP contribution in [-0.2, 0) is 6.54 Å². The molecule has 0 spiro atoms. The third-order valence-electron chi connectivity index (χ3n) is 3.03. The van der Waals surface area contributed by atoms with Crippen LogP contribution in [-0.4, -0.2) is 29.5 Å². The van der Waals surface area contributed by atoms with Crippen molar-refractivity contribution in [3.05, 3.63) is 16.1 Å². The van der Waals surface area contributed by atoms with Crippen molar-refractivity contribution >= 4 is 11.3 Å². The van der Waals surface area contributed by atoms with Crippen molar-refractivity contribution in [1.29, 1.82) is 0 Å². The Morgan fingerprint density at radius 1 is 1.47 bits per heavy atom. The number of hydrogen-bond acceptors (Lipinski definition) is 4. The minimum atomic E-state index is 0.193. The fourth-order valence-corrected chi connectivity index (χ4v) is 2.23. The summed E-state index contributed by atoms with van der Waals surface area (Å²) < 4.78 is 0. The molecule has 1 heterocycles. The van der Waals surface area contributed by atoms with Gasteiger partial charge in [-0.1, -0.05) is 20.8 Å². The van der Waals surface area contributed by atoms with E-state index < -0.39 is 0 Å². The zero-order chi connectivity index (χ0) is 13.1. The van der Waals surface area contributed by atoms with E-state index in [0.717, 1.165) is 24.5 Å². The first-order valence-electron chi connectivity index (χ1n) is 6.14. The molecular weight excluding hydrogens is 230 g/mol. The molecule has 0 radical (unpaired) electrons. The Hall–Kier alpha value is -0.450. The Morgan fingerprint density at radius 2 is 2.12 bits per heavy atom. The molecule has 0 aromatic carbocycles. The highest BCUT2D eigenvalue weighted by atomic mass is 32.1. The number of hydrogen-bond donors (Lipinski definition) is 1. The quantitative estimate of drug-likeness (QED) is 0.879. The predicted octanol–water partition coefficient (Wildman–Crippen LogP) is 2.65. The van der Waals surface area contributed by atoms with E-state index >= 15 is 0 Å². The van der Waals surface area contributed by atoms with Gasteiger partial charge < -0.3 is 10.6 Å². The summed E-state index contributed by atoms with van der Waals surface area (Å²) in [4.78, 5) is 6.76. The Balaban J connectivity index is 2.33. The van der Waals surface area contributed by atoms with E-state index in [-0.39, 0.29) is 11.5 Å². The highest BCUT2D eigenvalue weighted by Crippen LogP contribution is 2.20. The normalized spacial score (nSPS) is 14.3. The second-order valence-electron chi connectivity index (χ2n) is 5.86. The van der Waals surface area contributed by atoms with E-state index in [4.69, 9.17) is 5.73 Å². The molecule has 0 aliphatic heterocycles. The SMILES string of the molecule is Cc1nc(CN(C)CCC(N)C(C)(C)C)cs1. The van der Waals surface area contributed by atoms with Gasteiger partial charge in [-0.2, -0.15) is 0 Å². The Kier molecular flexibility index (Phi) is 5.10. The summed E-state index contributed by atoms with van der Waals surface area (Å²) in [5.74, 6) is 0. The first kappa shape index (κ1) is 14.6. The van der Waals surface area contributed by atoms with Gasteiger partial charge in [0.05, 0.1) is 10.7 Å². The van der Waals surface area contributed by atoms with Gasteiger partial charge in [-0.05, 0) is 32.4 Å². The van der Waals surface area contributed by atoms with Crippen LogP contribution in [0.3, 0.4) is 0 Å². The van der Waals surface area contributed by atoms with Gasteiger partial charge in [0.25, 0.3) is 0 Å². The van der Waals surface area contributed by atoms with Crippen LogP contribution in [0.2, 0.25) is 0 Å². The molecule has 0 saturated carbocycles. The Morgan fingerprint density at radius 3 is 2.59 bits per heavy atom. The molecule has 98 valence electrons. The topological polar surface area (TPSA) is 42.2 Å². The van der Waals surface area contributed by atoms with Gasteiger partial charge in [-0.15, -0.1) is 11.3 Å². The minimum absolute atomic E-state index is 0.193. The van der Waals surface area contributed by atoms with Crippen LogP contribution in [0.4, 0.5) is 0 Å². The summed E-state index contributed by atoms with van der Waals surface area (Å²) in [5, 5.41) is 3.27. The van der Waals surface area contributed by atoms with Crippen LogP contribution in [0.15, 0.2) is 5.38 Å². The molecule has 1 aromatic heterocycles. The molecule has 1 rings (SSSR count). The van der Waals surface area contributed by atoms with Gasteiger partial charge in [-0.25, -0.2) is 4.98 Å². The number of thiazole rings is 1. The maximum absolute atomic E-state index is 6.16. The molecule has 1 atom stereocenters. The van der Waals surface area contributed by atoms with Crippen molar-refractivity contribution in [1.82, 2.24) is 9.88 Å². The molecule has 4 heteroatoms. The summed E-state index contributed by atoms with van der Waals surface area (Å²) in [5.41, 5.74) is 7.51. The molecule has 0 aliphatic rings. The molecule has 1 aromatic rings. The zero-order valence-corrected chi connectivity index (χ0v) is 12.5. The average molecular weight is 255 g/mol.